The van der Waals surface area contributed by atoms with Gasteiger partial charge in [0, 0.05) is 50.6 Å². The third-order valence-electron chi connectivity index (χ3n) is 12.0. The highest BCUT2D eigenvalue weighted by molar-refractivity contribution is 6.10. The van der Waals surface area contributed by atoms with E-state index in [1.165, 1.54) is 49.6 Å². The van der Waals surface area contributed by atoms with E-state index in [1.807, 2.05) is 0 Å². The molecule has 0 bridgehead atoms. The summed E-state index contributed by atoms with van der Waals surface area (Å²) in [6.07, 6.45) is 0. The molecule has 0 unspecified atom stereocenters. The zero-order valence-corrected chi connectivity index (χ0v) is 34.7. The quantitative estimate of drug-likeness (QED) is 0.136. The molecule has 1 aromatic heterocycles. The molecule has 0 atom stereocenters. The second-order valence-electron chi connectivity index (χ2n) is 15.8. The summed E-state index contributed by atoms with van der Waals surface area (Å²) in [7, 11) is 0. The maximum Gasteiger partial charge on any atom is 0.0541 e. The van der Waals surface area contributed by atoms with E-state index in [4.69, 9.17) is 0 Å². The van der Waals surface area contributed by atoms with Gasteiger partial charge < -0.3 is 14.4 Å². The lowest BCUT2D eigenvalue weighted by atomic mass is 10.0. The standard InChI is InChI=1S/C60H43N3/c1-5-15-44(16-6-1)45-25-34-54(35-26-45)62(55-38-29-47(30-39-55)46-27-36-53(37-28-46)61(50-17-7-2-8-18-50)51-19-9-3-10-20-51)56-40-31-48(32-41-56)49-33-42-60-58(43-49)57-23-13-14-24-59(57)63(60)52-21-11-4-12-22-52/h1-43H. The Morgan fingerprint density at radius 1 is 0.222 bits per heavy atom. The zero-order valence-electron chi connectivity index (χ0n) is 34.7. The fourth-order valence-electron chi connectivity index (χ4n) is 8.90. The molecule has 63 heavy (non-hydrogen) atoms. The van der Waals surface area contributed by atoms with Gasteiger partial charge in [0.1, 0.15) is 0 Å². The molecule has 0 aliphatic heterocycles. The number of nitrogens with zero attached hydrogens (tertiary/aromatic N) is 3. The molecule has 1 heterocycles. The van der Waals surface area contributed by atoms with E-state index in [0.29, 0.717) is 0 Å². The van der Waals surface area contributed by atoms with Crippen molar-refractivity contribution in [1.82, 2.24) is 4.57 Å². The minimum atomic E-state index is 1.09. The highest BCUT2D eigenvalue weighted by atomic mass is 15.1. The van der Waals surface area contributed by atoms with Gasteiger partial charge >= 0.3 is 0 Å². The van der Waals surface area contributed by atoms with Crippen LogP contribution in [0.4, 0.5) is 34.1 Å². The van der Waals surface area contributed by atoms with Crippen molar-refractivity contribution in [2.24, 2.45) is 0 Å². The molecular formula is C60H43N3. The van der Waals surface area contributed by atoms with E-state index in [2.05, 4.69) is 275 Å². The van der Waals surface area contributed by atoms with E-state index in [9.17, 15) is 0 Å². The smallest absolute Gasteiger partial charge is 0.0541 e. The molecule has 0 fully saturated rings. The van der Waals surface area contributed by atoms with Crippen molar-refractivity contribution in [3.8, 4) is 39.1 Å². The summed E-state index contributed by atoms with van der Waals surface area (Å²) >= 11 is 0. The lowest BCUT2D eigenvalue weighted by Gasteiger charge is -2.26. The van der Waals surface area contributed by atoms with Gasteiger partial charge in [-0.25, -0.2) is 0 Å². The molecule has 11 rings (SSSR count). The number of benzene rings is 10. The van der Waals surface area contributed by atoms with Crippen LogP contribution >= 0.6 is 0 Å². The van der Waals surface area contributed by atoms with E-state index in [0.717, 1.165) is 45.4 Å². The van der Waals surface area contributed by atoms with Crippen LogP contribution in [0.3, 0.4) is 0 Å². The summed E-state index contributed by atoms with van der Waals surface area (Å²) < 4.78 is 2.37. The van der Waals surface area contributed by atoms with E-state index in [1.54, 1.807) is 0 Å². The Balaban J connectivity index is 0.929. The first-order valence-electron chi connectivity index (χ1n) is 21.5. The van der Waals surface area contributed by atoms with Crippen LogP contribution in [0.5, 0.6) is 0 Å². The number of hydrogen-bond acceptors (Lipinski definition) is 2. The molecule has 3 nitrogen and oxygen atoms in total. The number of anilines is 6. The Labute approximate surface area is 368 Å². The van der Waals surface area contributed by atoms with E-state index >= 15 is 0 Å². The van der Waals surface area contributed by atoms with Crippen molar-refractivity contribution in [3.63, 3.8) is 0 Å². The largest absolute Gasteiger partial charge is 0.311 e. The monoisotopic (exact) mass is 805 g/mol. The number of rotatable bonds is 10. The molecule has 11 aromatic rings. The lowest BCUT2D eigenvalue weighted by molar-refractivity contribution is 1.18. The summed E-state index contributed by atoms with van der Waals surface area (Å²) in [5.74, 6) is 0. The Morgan fingerprint density at radius 2 is 0.540 bits per heavy atom. The van der Waals surface area contributed by atoms with Crippen LogP contribution in [0.2, 0.25) is 0 Å². The minimum Gasteiger partial charge on any atom is -0.311 e. The summed E-state index contributed by atoms with van der Waals surface area (Å²) in [6, 6.07) is 93.5. The van der Waals surface area contributed by atoms with E-state index < -0.39 is 0 Å². The number of fused-ring (bicyclic) bond motifs is 3. The molecule has 0 N–H and O–H groups in total. The molecule has 0 spiro atoms. The SMILES string of the molecule is c1ccc(-c2ccc(N(c3ccc(-c4ccc(N(c5ccccc5)c5ccccc5)cc4)cc3)c3ccc(-c4ccc5c(c4)c4ccccc4n5-c4ccccc4)cc3)cc2)cc1. The van der Waals surface area contributed by atoms with Crippen molar-refractivity contribution in [2.45, 2.75) is 0 Å². The van der Waals surface area contributed by atoms with Crippen LogP contribution < -0.4 is 9.80 Å². The van der Waals surface area contributed by atoms with Gasteiger partial charge in [-0.2, -0.15) is 0 Å². The molecule has 0 amide bonds. The van der Waals surface area contributed by atoms with E-state index in [-0.39, 0.29) is 0 Å². The Hall–Kier alpha value is -8.40. The second kappa shape index (κ2) is 16.6. The second-order valence-corrected chi connectivity index (χ2v) is 15.8. The maximum absolute atomic E-state index is 2.37. The lowest BCUT2D eigenvalue weighted by Crippen LogP contribution is -2.10. The third kappa shape index (κ3) is 7.32. The summed E-state index contributed by atoms with van der Waals surface area (Å²) in [4.78, 5) is 4.64. The van der Waals surface area contributed by atoms with Crippen LogP contribution in [0.1, 0.15) is 0 Å². The van der Waals surface area contributed by atoms with Gasteiger partial charge in [0.25, 0.3) is 0 Å². The number of hydrogen-bond donors (Lipinski definition) is 0. The van der Waals surface area contributed by atoms with Crippen LogP contribution in [-0.4, -0.2) is 4.57 Å². The molecule has 0 aliphatic rings. The first-order valence-corrected chi connectivity index (χ1v) is 21.5. The predicted molar refractivity (Wildman–Crippen MR) is 266 cm³/mol. The van der Waals surface area contributed by atoms with Crippen molar-refractivity contribution in [3.05, 3.63) is 261 Å². The average Bonchev–Trinajstić information content (AvgIpc) is 3.70. The highest BCUT2D eigenvalue weighted by Gasteiger charge is 2.17. The van der Waals surface area contributed by atoms with Crippen LogP contribution in [0.25, 0.3) is 60.9 Å². The summed E-state index contributed by atoms with van der Waals surface area (Å²) in [5, 5.41) is 2.50. The first kappa shape index (κ1) is 37.6. The molecule has 0 saturated carbocycles. The highest BCUT2D eigenvalue weighted by Crippen LogP contribution is 2.40. The topological polar surface area (TPSA) is 11.4 Å². The number of aromatic nitrogens is 1. The van der Waals surface area contributed by atoms with Gasteiger partial charge in [-0.15, -0.1) is 0 Å². The van der Waals surface area contributed by atoms with Gasteiger partial charge in [0.15, 0.2) is 0 Å². The third-order valence-corrected chi connectivity index (χ3v) is 12.0. The van der Waals surface area contributed by atoms with Crippen LogP contribution in [-0.2, 0) is 0 Å². The summed E-state index contributed by atoms with van der Waals surface area (Å²) in [5.41, 5.74) is 17.3. The van der Waals surface area contributed by atoms with Gasteiger partial charge in [0.2, 0.25) is 0 Å². The molecule has 0 aliphatic carbocycles. The molecule has 0 saturated heterocycles. The molecular weight excluding hydrogens is 763 g/mol. The maximum atomic E-state index is 2.37. The van der Waals surface area contributed by atoms with Crippen LogP contribution in [0.15, 0.2) is 261 Å². The van der Waals surface area contributed by atoms with Gasteiger partial charge in [-0.1, -0.05) is 158 Å². The van der Waals surface area contributed by atoms with Crippen LogP contribution in [0, 0.1) is 0 Å². The van der Waals surface area contributed by atoms with Crippen molar-refractivity contribution >= 4 is 55.9 Å². The normalized spacial score (nSPS) is 11.2. The fourth-order valence-corrected chi connectivity index (χ4v) is 8.90. The van der Waals surface area contributed by atoms with Crippen molar-refractivity contribution < 1.29 is 0 Å². The first-order chi connectivity index (χ1) is 31.2. The molecule has 3 heteroatoms. The summed E-state index contributed by atoms with van der Waals surface area (Å²) in [6.45, 7) is 0. The Kier molecular flexibility index (Phi) is 9.89. The average molecular weight is 806 g/mol. The van der Waals surface area contributed by atoms with Gasteiger partial charge in [0.05, 0.1) is 11.0 Å². The fraction of sp³-hybridized carbons (Fsp3) is 0. The Bertz CT molecular complexity index is 3230. The number of para-hydroxylation sites is 4. The van der Waals surface area contributed by atoms with Gasteiger partial charge in [-0.3, -0.25) is 0 Å². The minimum absolute atomic E-state index is 1.09. The molecule has 10 aromatic carbocycles. The Morgan fingerprint density at radius 3 is 1.00 bits per heavy atom. The zero-order chi connectivity index (χ0) is 42.0. The molecule has 0 radical (unpaired) electrons. The van der Waals surface area contributed by atoms with Gasteiger partial charge in [-0.05, 0) is 137 Å². The van der Waals surface area contributed by atoms with Crippen molar-refractivity contribution in [2.75, 3.05) is 9.80 Å². The van der Waals surface area contributed by atoms with Crippen molar-refractivity contribution in [1.29, 1.82) is 0 Å². The predicted octanol–water partition coefficient (Wildman–Crippen LogP) is 16.7. The molecule has 298 valence electrons.